The topological polar surface area (TPSA) is 38.5 Å². The summed E-state index contributed by atoms with van der Waals surface area (Å²) < 4.78 is 5.87. The summed E-state index contributed by atoms with van der Waals surface area (Å²) in [4.78, 5) is 2.65. The summed E-state index contributed by atoms with van der Waals surface area (Å²) in [6, 6.07) is 0. The Hall–Kier alpha value is -0.120. The molecule has 2 N–H and O–H groups in total. The van der Waals surface area contributed by atoms with Gasteiger partial charge in [0.1, 0.15) is 0 Å². The van der Waals surface area contributed by atoms with Crippen LogP contribution < -0.4 is 5.73 Å². The van der Waals surface area contributed by atoms with Crippen molar-refractivity contribution in [1.82, 2.24) is 4.90 Å². The molecule has 1 saturated carbocycles. The molecule has 1 aliphatic heterocycles. The summed E-state index contributed by atoms with van der Waals surface area (Å²) in [5.74, 6) is 0.871. The van der Waals surface area contributed by atoms with Crippen LogP contribution in [-0.4, -0.2) is 42.3 Å². The number of hydrogen-bond donors (Lipinski definition) is 1. The van der Waals surface area contributed by atoms with E-state index in [1.165, 1.54) is 32.1 Å². The molecule has 0 aromatic heterocycles. The Balaban J connectivity index is 2.10. The highest BCUT2D eigenvalue weighted by molar-refractivity contribution is 4.98. The van der Waals surface area contributed by atoms with E-state index in [2.05, 4.69) is 25.7 Å². The van der Waals surface area contributed by atoms with E-state index >= 15 is 0 Å². The van der Waals surface area contributed by atoms with Gasteiger partial charge in [0, 0.05) is 25.2 Å². The molecule has 4 unspecified atom stereocenters. The van der Waals surface area contributed by atoms with E-state index in [0.29, 0.717) is 12.2 Å². The second-order valence-electron chi connectivity index (χ2n) is 6.46. The van der Waals surface area contributed by atoms with Gasteiger partial charge in [-0.3, -0.25) is 4.90 Å². The van der Waals surface area contributed by atoms with Crippen molar-refractivity contribution in [3.05, 3.63) is 0 Å². The van der Waals surface area contributed by atoms with Gasteiger partial charge in [-0.2, -0.15) is 0 Å². The Labute approximate surface area is 112 Å². The van der Waals surface area contributed by atoms with Crippen LogP contribution in [0, 0.1) is 5.92 Å². The molecular formula is C15H30N2O. The van der Waals surface area contributed by atoms with Crippen LogP contribution in [0.4, 0.5) is 0 Å². The minimum Gasteiger partial charge on any atom is -0.373 e. The summed E-state index contributed by atoms with van der Waals surface area (Å²) >= 11 is 0. The van der Waals surface area contributed by atoms with Crippen molar-refractivity contribution in [2.45, 2.75) is 70.6 Å². The van der Waals surface area contributed by atoms with E-state index in [9.17, 15) is 0 Å². The van der Waals surface area contributed by atoms with E-state index in [4.69, 9.17) is 10.5 Å². The quantitative estimate of drug-likeness (QED) is 0.840. The van der Waals surface area contributed by atoms with Gasteiger partial charge >= 0.3 is 0 Å². The third-order valence-corrected chi connectivity index (χ3v) is 4.97. The smallest absolute Gasteiger partial charge is 0.0678 e. The molecule has 0 spiro atoms. The minimum absolute atomic E-state index is 0.255. The Morgan fingerprint density at radius 3 is 2.50 bits per heavy atom. The fourth-order valence-electron chi connectivity index (χ4n) is 3.98. The van der Waals surface area contributed by atoms with Gasteiger partial charge in [-0.25, -0.2) is 0 Å². The Bertz CT molecular complexity index is 261. The van der Waals surface area contributed by atoms with E-state index in [1.54, 1.807) is 0 Å². The second kappa shape index (κ2) is 5.89. The molecule has 3 nitrogen and oxygen atoms in total. The first-order valence-corrected chi connectivity index (χ1v) is 7.70. The van der Waals surface area contributed by atoms with E-state index in [-0.39, 0.29) is 5.54 Å². The molecule has 106 valence electrons. The molecule has 0 bridgehead atoms. The first-order chi connectivity index (χ1) is 8.59. The summed E-state index contributed by atoms with van der Waals surface area (Å²) in [5, 5.41) is 0. The summed E-state index contributed by atoms with van der Waals surface area (Å²) in [6.45, 7) is 9.61. The maximum absolute atomic E-state index is 6.19. The van der Waals surface area contributed by atoms with Gasteiger partial charge in [0.25, 0.3) is 0 Å². The summed E-state index contributed by atoms with van der Waals surface area (Å²) in [7, 11) is 0. The van der Waals surface area contributed by atoms with Crippen LogP contribution in [0.5, 0.6) is 0 Å². The second-order valence-corrected chi connectivity index (χ2v) is 6.46. The highest BCUT2D eigenvalue weighted by Gasteiger charge is 2.42. The van der Waals surface area contributed by atoms with E-state index in [0.717, 1.165) is 25.6 Å². The maximum atomic E-state index is 6.19. The van der Waals surface area contributed by atoms with Crippen LogP contribution >= 0.6 is 0 Å². The summed E-state index contributed by atoms with van der Waals surface area (Å²) in [6.07, 6.45) is 7.30. The van der Waals surface area contributed by atoms with E-state index < -0.39 is 0 Å². The monoisotopic (exact) mass is 254 g/mol. The van der Waals surface area contributed by atoms with Gasteiger partial charge in [0.05, 0.1) is 12.2 Å². The van der Waals surface area contributed by atoms with Crippen molar-refractivity contribution in [3.8, 4) is 0 Å². The average molecular weight is 254 g/mol. The third-order valence-electron chi connectivity index (χ3n) is 4.97. The fourth-order valence-corrected chi connectivity index (χ4v) is 3.98. The molecule has 1 heterocycles. The highest BCUT2D eigenvalue weighted by atomic mass is 16.5. The zero-order chi connectivity index (χ0) is 13.2. The van der Waals surface area contributed by atoms with Crippen molar-refractivity contribution in [1.29, 1.82) is 0 Å². The molecule has 3 heteroatoms. The van der Waals surface area contributed by atoms with Crippen molar-refractivity contribution >= 4 is 0 Å². The first kappa shape index (κ1) is 14.3. The standard InChI is InChI=1S/C15H30N2O/c1-4-14-6-5-7-15(8-14,11-16)17-9-12(2)18-13(3)10-17/h12-14H,4-11,16H2,1-3H3. The molecule has 1 aliphatic carbocycles. The van der Waals surface area contributed by atoms with Crippen LogP contribution in [0.1, 0.15) is 52.9 Å². The SMILES string of the molecule is CCC1CCCC(CN)(N2CC(C)OC(C)C2)C1. The lowest BCUT2D eigenvalue weighted by Gasteiger charge is -2.51. The van der Waals surface area contributed by atoms with Crippen molar-refractivity contribution in [3.63, 3.8) is 0 Å². The van der Waals surface area contributed by atoms with Gasteiger partial charge in [-0.1, -0.05) is 26.2 Å². The van der Waals surface area contributed by atoms with Crippen molar-refractivity contribution in [2.24, 2.45) is 11.7 Å². The fraction of sp³-hybridized carbons (Fsp3) is 1.00. The number of hydrogen-bond acceptors (Lipinski definition) is 3. The molecule has 0 amide bonds. The lowest BCUT2D eigenvalue weighted by Crippen LogP contribution is -2.62. The number of nitrogens with two attached hydrogens (primary N) is 1. The highest BCUT2D eigenvalue weighted by Crippen LogP contribution is 2.39. The van der Waals surface area contributed by atoms with Crippen LogP contribution in [0.15, 0.2) is 0 Å². The summed E-state index contributed by atoms with van der Waals surface area (Å²) in [5.41, 5.74) is 6.45. The number of rotatable bonds is 3. The van der Waals surface area contributed by atoms with Crippen LogP contribution in [0.2, 0.25) is 0 Å². The Kier molecular flexibility index (Phi) is 4.68. The number of morpholine rings is 1. The van der Waals surface area contributed by atoms with E-state index in [1.807, 2.05) is 0 Å². The minimum atomic E-state index is 0.255. The lowest BCUT2D eigenvalue weighted by atomic mass is 9.73. The largest absolute Gasteiger partial charge is 0.373 e. The van der Waals surface area contributed by atoms with Crippen LogP contribution in [-0.2, 0) is 4.74 Å². The van der Waals surface area contributed by atoms with Gasteiger partial charge in [-0.05, 0) is 32.6 Å². The molecule has 2 aliphatic rings. The maximum Gasteiger partial charge on any atom is 0.0678 e. The average Bonchev–Trinajstić information content (AvgIpc) is 2.37. The third kappa shape index (κ3) is 2.89. The number of ether oxygens (including phenoxy) is 1. The molecule has 0 aromatic carbocycles. The van der Waals surface area contributed by atoms with Gasteiger partial charge in [-0.15, -0.1) is 0 Å². The predicted octanol–water partition coefficient (Wildman–Crippen LogP) is 2.39. The Morgan fingerprint density at radius 2 is 1.94 bits per heavy atom. The molecule has 4 atom stereocenters. The number of nitrogens with zero attached hydrogens (tertiary/aromatic N) is 1. The zero-order valence-electron chi connectivity index (χ0n) is 12.3. The molecule has 0 aromatic rings. The molecule has 1 saturated heterocycles. The first-order valence-electron chi connectivity index (χ1n) is 7.70. The molecule has 2 rings (SSSR count). The lowest BCUT2D eigenvalue weighted by molar-refractivity contribution is -0.111. The van der Waals surface area contributed by atoms with Crippen LogP contribution in [0.25, 0.3) is 0 Å². The zero-order valence-corrected chi connectivity index (χ0v) is 12.3. The van der Waals surface area contributed by atoms with Crippen LogP contribution in [0.3, 0.4) is 0 Å². The van der Waals surface area contributed by atoms with Gasteiger partial charge < -0.3 is 10.5 Å². The normalized spacial score (nSPS) is 43.0. The van der Waals surface area contributed by atoms with Crippen molar-refractivity contribution in [2.75, 3.05) is 19.6 Å². The molecule has 2 fully saturated rings. The molecular weight excluding hydrogens is 224 g/mol. The van der Waals surface area contributed by atoms with Gasteiger partial charge in [0.2, 0.25) is 0 Å². The van der Waals surface area contributed by atoms with Crippen molar-refractivity contribution < 1.29 is 4.74 Å². The Morgan fingerprint density at radius 1 is 1.28 bits per heavy atom. The predicted molar refractivity (Wildman–Crippen MR) is 75.6 cm³/mol. The molecule has 0 radical (unpaired) electrons. The van der Waals surface area contributed by atoms with Gasteiger partial charge in [0.15, 0.2) is 0 Å². The molecule has 18 heavy (non-hydrogen) atoms.